The van der Waals surface area contributed by atoms with Crippen molar-refractivity contribution in [2.45, 2.75) is 44.0 Å². The summed E-state index contributed by atoms with van der Waals surface area (Å²) in [7, 11) is 0. The summed E-state index contributed by atoms with van der Waals surface area (Å²) in [6.07, 6.45) is 3.51. The van der Waals surface area contributed by atoms with Crippen molar-refractivity contribution in [3.05, 3.63) is 0 Å². The summed E-state index contributed by atoms with van der Waals surface area (Å²) in [5, 5.41) is 9.59. The van der Waals surface area contributed by atoms with Crippen molar-refractivity contribution in [2.75, 3.05) is 13.2 Å². The molecule has 0 atom stereocenters. The molecule has 2 fully saturated rings. The summed E-state index contributed by atoms with van der Waals surface area (Å²) >= 11 is 0. The molecule has 0 spiro atoms. The van der Waals surface area contributed by atoms with E-state index in [1.807, 2.05) is 6.92 Å². The number of hydrogen-bond acceptors (Lipinski definition) is 3. The third-order valence-electron chi connectivity index (χ3n) is 2.77. The minimum atomic E-state index is -0.418. The van der Waals surface area contributed by atoms with Gasteiger partial charge in [0, 0.05) is 6.42 Å². The molecule has 1 heterocycles. The Hall–Kier alpha value is -0.120. The molecule has 1 N–H and O–H groups in total. The molecule has 0 aromatic heterocycles. The lowest BCUT2D eigenvalue weighted by Crippen LogP contribution is -2.27. The van der Waals surface area contributed by atoms with Gasteiger partial charge in [0.1, 0.15) is 0 Å². The van der Waals surface area contributed by atoms with Crippen molar-refractivity contribution in [1.29, 1.82) is 0 Å². The van der Waals surface area contributed by atoms with Gasteiger partial charge in [-0.05, 0) is 26.2 Å². The molecule has 12 heavy (non-hydrogen) atoms. The molecule has 0 bridgehead atoms. The molecule has 3 heteroatoms. The second-order valence-electron chi connectivity index (χ2n) is 4.06. The van der Waals surface area contributed by atoms with Gasteiger partial charge in [-0.2, -0.15) is 0 Å². The Kier molecular flexibility index (Phi) is 1.90. The van der Waals surface area contributed by atoms with E-state index in [0.29, 0.717) is 13.2 Å². The van der Waals surface area contributed by atoms with E-state index in [2.05, 4.69) is 0 Å². The Balaban J connectivity index is 1.78. The van der Waals surface area contributed by atoms with Gasteiger partial charge in [0.15, 0.2) is 5.79 Å². The lowest BCUT2D eigenvalue weighted by Gasteiger charge is -2.23. The van der Waals surface area contributed by atoms with Crippen LogP contribution in [0.2, 0.25) is 0 Å². The second-order valence-corrected chi connectivity index (χ2v) is 4.06. The second kappa shape index (κ2) is 2.69. The first-order valence-corrected chi connectivity index (χ1v) is 4.62. The normalized spacial score (nSPS) is 30.5. The number of hydrogen-bond donors (Lipinski definition) is 1. The van der Waals surface area contributed by atoms with E-state index in [1.165, 1.54) is 0 Å². The van der Waals surface area contributed by atoms with Gasteiger partial charge in [-0.15, -0.1) is 0 Å². The molecule has 2 rings (SSSR count). The molecule has 0 aromatic carbocycles. The monoisotopic (exact) mass is 172 g/mol. The molecule has 1 aliphatic carbocycles. The molecule has 0 amide bonds. The highest BCUT2D eigenvalue weighted by Crippen LogP contribution is 2.41. The van der Waals surface area contributed by atoms with Crippen LogP contribution in [0.25, 0.3) is 0 Å². The van der Waals surface area contributed by atoms with Crippen LogP contribution in [-0.4, -0.2) is 29.7 Å². The molecule has 3 nitrogen and oxygen atoms in total. The molecule has 2 aliphatic rings. The maximum Gasteiger partial charge on any atom is 0.165 e. The zero-order valence-corrected chi connectivity index (χ0v) is 7.51. The van der Waals surface area contributed by atoms with Crippen LogP contribution in [0.5, 0.6) is 0 Å². The van der Waals surface area contributed by atoms with E-state index in [-0.39, 0.29) is 5.60 Å². The first kappa shape index (κ1) is 8.48. The van der Waals surface area contributed by atoms with E-state index in [9.17, 15) is 5.11 Å². The molecule has 70 valence electrons. The van der Waals surface area contributed by atoms with Crippen molar-refractivity contribution in [2.24, 2.45) is 0 Å². The minimum Gasteiger partial charge on any atom is -0.390 e. The largest absolute Gasteiger partial charge is 0.390 e. The molecule has 1 aliphatic heterocycles. The topological polar surface area (TPSA) is 38.7 Å². The molecule has 1 saturated carbocycles. The van der Waals surface area contributed by atoms with Crippen molar-refractivity contribution < 1.29 is 14.6 Å². The van der Waals surface area contributed by atoms with Gasteiger partial charge in [0.2, 0.25) is 0 Å². The average molecular weight is 172 g/mol. The third-order valence-corrected chi connectivity index (χ3v) is 2.77. The lowest BCUT2D eigenvalue weighted by molar-refractivity contribution is -0.152. The smallest absolute Gasteiger partial charge is 0.165 e. The summed E-state index contributed by atoms with van der Waals surface area (Å²) in [6, 6.07) is 0. The zero-order chi connectivity index (χ0) is 8.66. The molecular formula is C9H16O3. The molecule has 0 radical (unpaired) electrons. The first-order valence-electron chi connectivity index (χ1n) is 4.62. The van der Waals surface area contributed by atoms with Gasteiger partial charge in [0.05, 0.1) is 18.8 Å². The summed E-state index contributed by atoms with van der Waals surface area (Å²) in [5.74, 6) is -0.418. The molecule has 0 unspecified atom stereocenters. The highest BCUT2D eigenvalue weighted by molar-refractivity contribution is 4.94. The standard InChI is InChI=1S/C9H16O3/c1-8(11-6-7-12-8)2-3-9(10)4-5-9/h10H,2-7H2,1H3. The summed E-state index contributed by atoms with van der Waals surface area (Å²) in [5.41, 5.74) is -0.377. The highest BCUT2D eigenvalue weighted by atomic mass is 16.7. The molecule has 1 saturated heterocycles. The van der Waals surface area contributed by atoms with Crippen LogP contribution in [0.15, 0.2) is 0 Å². The van der Waals surface area contributed by atoms with Crippen molar-refractivity contribution in [1.82, 2.24) is 0 Å². The fraction of sp³-hybridized carbons (Fsp3) is 1.00. The SMILES string of the molecule is CC1(CCC2(O)CC2)OCCO1. The zero-order valence-electron chi connectivity index (χ0n) is 7.51. The van der Waals surface area contributed by atoms with E-state index < -0.39 is 5.79 Å². The Morgan fingerprint density at radius 2 is 1.75 bits per heavy atom. The van der Waals surface area contributed by atoms with Crippen molar-refractivity contribution in [3.8, 4) is 0 Å². The number of aliphatic hydroxyl groups is 1. The van der Waals surface area contributed by atoms with Crippen LogP contribution >= 0.6 is 0 Å². The Morgan fingerprint density at radius 3 is 2.25 bits per heavy atom. The predicted octanol–water partition coefficient (Wildman–Crippen LogP) is 1.05. The Morgan fingerprint density at radius 1 is 1.17 bits per heavy atom. The van der Waals surface area contributed by atoms with E-state index >= 15 is 0 Å². The van der Waals surface area contributed by atoms with Crippen LogP contribution in [-0.2, 0) is 9.47 Å². The van der Waals surface area contributed by atoms with Crippen LogP contribution in [0.3, 0.4) is 0 Å². The van der Waals surface area contributed by atoms with Gasteiger partial charge >= 0.3 is 0 Å². The van der Waals surface area contributed by atoms with E-state index in [4.69, 9.17) is 9.47 Å². The van der Waals surface area contributed by atoms with Crippen LogP contribution < -0.4 is 0 Å². The molecular weight excluding hydrogens is 156 g/mol. The van der Waals surface area contributed by atoms with Crippen LogP contribution in [0.1, 0.15) is 32.6 Å². The highest BCUT2D eigenvalue weighted by Gasteiger charge is 2.43. The number of ether oxygens (including phenoxy) is 2. The summed E-state index contributed by atoms with van der Waals surface area (Å²) in [6.45, 7) is 3.33. The van der Waals surface area contributed by atoms with Gasteiger partial charge in [-0.3, -0.25) is 0 Å². The van der Waals surface area contributed by atoms with Gasteiger partial charge in [-0.1, -0.05) is 0 Å². The fourth-order valence-electron chi connectivity index (χ4n) is 1.56. The van der Waals surface area contributed by atoms with Crippen molar-refractivity contribution in [3.63, 3.8) is 0 Å². The lowest BCUT2D eigenvalue weighted by atomic mass is 10.1. The average Bonchev–Trinajstić information content (AvgIpc) is 2.60. The summed E-state index contributed by atoms with van der Waals surface area (Å²) in [4.78, 5) is 0. The molecule has 0 aromatic rings. The Bertz CT molecular complexity index is 169. The fourth-order valence-corrected chi connectivity index (χ4v) is 1.56. The van der Waals surface area contributed by atoms with Crippen LogP contribution in [0, 0.1) is 0 Å². The quantitative estimate of drug-likeness (QED) is 0.691. The predicted molar refractivity (Wildman–Crippen MR) is 43.7 cm³/mol. The minimum absolute atomic E-state index is 0.377. The Labute approximate surface area is 72.7 Å². The first-order chi connectivity index (χ1) is 5.62. The maximum atomic E-state index is 9.59. The maximum absolute atomic E-state index is 9.59. The van der Waals surface area contributed by atoms with Crippen molar-refractivity contribution >= 4 is 0 Å². The van der Waals surface area contributed by atoms with Gasteiger partial charge in [0.25, 0.3) is 0 Å². The third kappa shape index (κ3) is 1.79. The van der Waals surface area contributed by atoms with E-state index in [1.54, 1.807) is 0 Å². The van der Waals surface area contributed by atoms with E-state index in [0.717, 1.165) is 25.7 Å². The summed E-state index contributed by atoms with van der Waals surface area (Å²) < 4.78 is 10.9. The van der Waals surface area contributed by atoms with Gasteiger partial charge < -0.3 is 14.6 Å². The number of rotatable bonds is 3. The van der Waals surface area contributed by atoms with Gasteiger partial charge in [-0.25, -0.2) is 0 Å². The van der Waals surface area contributed by atoms with Crippen LogP contribution in [0.4, 0.5) is 0 Å².